The van der Waals surface area contributed by atoms with E-state index in [-0.39, 0.29) is 4.90 Å². The Hall–Kier alpha value is -2.60. The lowest BCUT2D eigenvalue weighted by Crippen LogP contribution is -2.51. The molecular weight excluding hydrogens is 374 g/mol. The predicted molar refractivity (Wildman–Crippen MR) is 108 cm³/mol. The molecule has 1 N–H and O–H groups in total. The molecular formula is C22H23NO4S. The normalized spacial score (nSPS) is 18.6. The number of aromatic nitrogens is 1. The van der Waals surface area contributed by atoms with Crippen LogP contribution >= 0.6 is 0 Å². The molecule has 1 aromatic heterocycles. The molecule has 2 unspecified atom stereocenters. The lowest BCUT2D eigenvalue weighted by atomic mass is 9.90. The number of fused-ring (bicyclic) bond motifs is 3. The number of H-pyrrole nitrogens is 1. The number of hydrogen-bond acceptors (Lipinski definition) is 4. The van der Waals surface area contributed by atoms with E-state index in [1.807, 2.05) is 19.1 Å². The van der Waals surface area contributed by atoms with Gasteiger partial charge in [-0.2, -0.15) is 0 Å². The van der Waals surface area contributed by atoms with E-state index in [1.165, 1.54) is 26.2 Å². The van der Waals surface area contributed by atoms with Crippen molar-refractivity contribution in [3.05, 3.63) is 65.4 Å². The highest BCUT2D eigenvalue weighted by Gasteiger charge is 2.55. The van der Waals surface area contributed by atoms with E-state index in [0.29, 0.717) is 12.8 Å². The van der Waals surface area contributed by atoms with Crippen molar-refractivity contribution in [1.82, 2.24) is 4.98 Å². The fourth-order valence-electron chi connectivity index (χ4n) is 4.32. The summed E-state index contributed by atoms with van der Waals surface area (Å²) >= 11 is 0. The quantitative estimate of drug-likeness (QED) is 0.683. The Morgan fingerprint density at radius 2 is 1.86 bits per heavy atom. The first-order valence-corrected chi connectivity index (χ1v) is 10.8. The fraction of sp³-hybridized carbons (Fsp3) is 0.318. The molecule has 4 rings (SSSR count). The molecule has 6 heteroatoms. The minimum atomic E-state index is -3.94. The number of hydrogen-bond donors (Lipinski definition) is 1. The average molecular weight is 397 g/mol. The third kappa shape index (κ3) is 2.58. The minimum Gasteiger partial charge on any atom is -0.468 e. The number of aryl methyl sites for hydroxylation is 1. The maximum Gasteiger partial charge on any atom is 0.327 e. The summed E-state index contributed by atoms with van der Waals surface area (Å²) in [5.41, 5.74) is 4.29. The summed E-state index contributed by atoms with van der Waals surface area (Å²) in [4.78, 5) is 16.4. The van der Waals surface area contributed by atoms with Crippen molar-refractivity contribution < 1.29 is 17.9 Å². The Labute approximate surface area is 164 Å². The molecule has 0 bridgehead atoms. The van der Waals surface area contributed by atoms with Crippen LogP contribution in [0.25, 0.3) is 10.9 Å². The van der Waals surface area contributed by atoms with Gasteiger partial charge >= 0.3 is 5.97 Å². The van der Waals surface area contributed by atoms with Crippen LogP contribution < -0.4 is 0 Å². The Morgan fingerprint density at radius 1 is 1.14 bits per heavy atom. The van der Waals surface area contributed by atoms with Crippen molar-refractivity contribution >= 4 is 26.7 Å². The number of esters is 1. The number of nitrogens with one attached hydrogen (secondary N) is 1. The molecule has 0 amide bonds. The van der Waals surface area contributed by atoms with Crippen molar-refractivity contribution in [2.24, 2.45) is 5.92 Å². The van der Waals surface area contributed by atoms with E-state index in [4.69, 9.17) is 4.74 Å². The summed E-state index contributed by atoms with van der Waals surface area (Å²) in [5, 5.41) is 1.10. The summed E-state index contributed by atoms with van der Waals surface area (Å²) in [6.45, 7) is 3.54. The standard InChI is InChI=1S/C22H23NO4S/c1-14-9-10-19-17(11-14)18-12-15(13-20(18)23-19)22(2,21(24)27-3)28(25,26)16-7-5-4-6-8-16/h4-11,15,23H,12-13H2,1-3H3. The third-order valence-electron chi connectivity index (χ3n) is 6.03. The molecule has 1 aliphatic rings. The van der Waals surface area contributed by atoms with Crippen LogP contribution in [0, 0.1) is 12.8 Å². The smallest absolute Gasteiger partial charge is 0.327 e. The summed E-state index contributed by atoms with van der Waals surface area (Å²) in [5.74, 6) is -1.12. The largest absolute Gasteiger partial charge is 0.468 e. The number of carbonyl (C=O) groups excluding carboxylic acids is 1. The first kappa shape index (κ1) is 18.7. The molecule has 0 radical (unpaired) electrons. The third-order valence-corrected chi connectivity index (χ3v) is 8.54. The molecule has 2 aromatic carbocycles. The number of carbonyl (C=O) groups is 1. The molecule has 1 heterocycles. The zero-order valence-electron chi connectivity index (χ0n) is 16.2. The van der Waals surface area contributed by atoms with Crippen molar-refractivity contribution in [2.45, 2.75) is 36.3 Å². The number of aromatic amines is 1. The lowest BCUT2D eigenvalue weighted by molar-refractivity contribution is -0.144. The van der Waals surface area contributed by atoms with Crippen LogP contribution in [0.3, 0.4) is 0 Å². The van der Waals surface area contributed by atoms with Crippen LogP contribution in [0.15, 0.2) is 53.4 Å². The van der Waals surface area contributed by atoms with Crippen molar-refractivity contribution in [3.8, 4) is 0 Å². The highest BCUT2D eigenvalue weighted by molar-refractivity contribution is 7.93. The van der Waals surface area contributed by atoms with E-state index < -0.39 is 26.5 Å². The van der Waals surface area contributed by atoms with Gasteiger partial charge in [0.25, 0.3) is 0 Å². The molecule has 1 aliphatic carbocycles. The maximum absolute atomic E-state index is 13.5. The van der Waals surface area contributed by atoms with Gasteiger partial charge in [-0.05, 0) is 62.4 Å². The van der Waals surface area contributed by atoms with Gasteiger partial charge in [0.2, 0.25) is 0 Å². The number of benzene rings is 2. The molecule has 3 aromatic rings. The van der Waals surface area contributed by atoms with Gasteiger partial charge in [-0.1, -0.05) is 29.8 Å². The van der Waals surface area contributed by atoms with Gasteiger partial charge in [0, 0.05) is 16.6 Å². The molecule has 0 saturated heterocycles. The van der Waals surface area contributed by atoms with Crippen LogP contribution in [-0.4, -0.2) is 31.2 Å². The maximum atomic E-state index is 13.5. The van der Waals surface area contributed by atoms with Gasteiger partial charge in [0.05, 0.1) is 12.0 Å². The lowest BCUT2D eigenvalue weighted by Gasteiger charge is -2.32. The molecule has 146 valence electrons. The van der Waals surface area contributed by atoms with E-state index in [0.717, 1.165) is 27.7 Å². The van der Waals surface area contributed by atoms with Gasteiger partial charge < -0.3 is 9.72 Å². The van der Waals surface area contributed by atoms with Gasteiger partial charge in [-0.25, -0.2) is 8.42 Å². The monoisotopic (exact) mass is 397 g/mol. The topological polar surface area (TPSA) is 76.2 Å². The van der Waals surface area contributed by atoms with Crippen LogP contribution in [0.4, 0.5) is 0 Å². The van der Waals surface area contributed by atoms with Crippen molar-refractivity contribution in [1.29, 1.82) is 0 Å². The number of ether oxygens (including phenoxy) is 1. The molecule has 28 heavy (non-hydrogen) atoms. The summed E-state index contributed by atoms with van der Waals surface area (Å²) in [6.07, 6.45) is 0.997. The number of rotatable bonds is 4. The molecule has 0 fully saturated rings. The van der Waals surface area contributed by atoms with Gasteiger partial charge in [0.1, 0.15) is 0 Å². The number of methoxy groups -OCH3 is 1. The van der Waals surface area contributed by atoms with Gasteiger partial charge in [-0.3, -0.25) is 4.79 Å². The summed E-state index contributed by atoms with van der Waals surface area (Å²) in [7, 11) is -2.70. The average Bonchev–Trinajstić information content (AvgIpc) is 3.25. The van der Waals surface area contributed by atoms with E-state index in [2.05, 4.69) is 11.1 Å². The summed E-state index contributed by atoms with van der Waals surface area (Å²) < 4.78 is 30.4. The summed E-state index contributed by atoms with van der Waals surface area (Å²) in [6, 6.07) is 14.3. The Morgan fingerprint density at radius 3 is 2.54 bits per heavy atom. The number of sulfone groups is 1. The fourth-order valence-corrected chi connectivity index (χ4v) is 6.24. The highest BCUT2D eigenvalue weighted by Crippen LogP contribution is 2.43. The predicted octanol–water partition coefficient (Wildman–Crippen LogP) is 3.60. The van der Waals surface area contributed by atoms with Crippen molar-refractivity contribution in [3.63, 3.8) is 0 Å². The molecule has 2 atom stereocenters. The molecule has 5 nitrogen and oxygen atoms in total. The highest BCUT2D eigenvalue weighted by atomic mass is 32.2. The van der Waals surface area contributed by atoms with E-state index >= 15 is 0 Å². The Kier molecular flexibility index (Phi) is 4.34. The second-order valence-corrected chi connectivity index (χ2v) is 9.98. The zero-order valence-corrected chi connectivity index (χ0v) is 17.0. The van der Waals surface area contributed by atoms with Gasteiger partial charge in [0.15, 0.2) is 14.6 Å². The van der Waals surface area contributed by atoms with Crippen LogP contribution in [-0.2, 0) is 32.2 Å². The second kappa shape index (κ2) is 6.48. The first-order valence-electron chi connectivity index (χ1n) is 9.27. The Bertz CT molecular complexity index is 1160. The second-order valence-electron chi connectivity index (χ2n) is 7.65. The zero-order chi connectivity index (χ0) is 20.1. The van der Waals surface area contributed by atoms with Crippen molar-refractivity contribution in [2.75, 3.05) is 7.11 Å². The van der Waals surface area contributed by atoms with E-state index in [9.17, 15) is 13.2 Å². The minimum absolute atomic E-state index is 0.138. The van der Waals surface area contributed by atoms with E-state index in [1.54, 1.807) is 18.2 Å². The van der Waals surface area contributed by atoms with Gasteiger partial charge in [-0.15, -0.1) is 0 Å². The molecule has 0 spiro atoms. The molecule has 0 saturated carbocycles. The Balaban J connectivity index is 1.81. The molecule has 0 aliphatic heterocycles. The van der Waals surface area contributed by atoms with Crippen LogP contribution in [0.1, 0.15) is 23.7 Å². The SMILES string of the molecule is COC(=O)C(C)(C1Cc2[nH]c3ccc(C)cc3c2C1)S(=O)(=O)c1ccccc1. The first-order chi connectivity index (χ1) is 13.3. The van der Waals surface area contributed by atoms with Crippen LogP contribution in [0.2, 0.25) is 0 Å². The van der Waals surface area contributed by atoms with Crippen LogP contribution in [0.5, 0.6) is 0 Å².